The molecule has 0 aliphatic carbocycles. The highest BCUT2D eigenvalue weighted by Crippen LogP contribution is 2.31. The molecule has 0 aliphatic heterocycles. The van der Waals surface area contributed by atoms with E-state index in [0.717, 1.165) is 16.5 Å². The van der Waals surface area contributed by atoms with Crippen LogP contribution in [0.3, 0.4) is 0 Å². The molecule has 0 unspecified atom stereocenters. The summed E-state index contributed by atoms with van der Waals surface area (Å²) >= 11 is 0. The Morgan fingerprint density at radius 3 is 2.65 bits per heavy atom. The first-order valence-corrected chi connectivity index (χ1v) is 10.8. The summed E-state index contributed by atoms with van der Waals surface area (Å²) in [7, 11) is 3.50. The summed E-state index contributed by atoms with van der Waals surface area (Å²) in [6, 6.07) is 15.6. The number of anilines is 1. The van der Waals surface area contributed by atoms with Gasteiger partial charge in [-0.05, 0) is 18.6 Å². The average molecular weight is 459 g/mol. The molecule has 9 heteroatoms. The molecule has 0 saturated carbocycles. The van der Waals surface area contributed by atoms with Gasteiger partial charge in [-0.2, -0.15) is 4.98 Å². The van der Waals surface area contributed by atoms with Gasteiger partial charge < -0.3 is 25.1 Å². The Kier molecular flexibility index (Phi) is 6.72. The van der Waals surface area contributed by atoms with E-state index in [4.69, 9.17) is 15.2 Å². The summed E-state index contributed by atoms with van der Waals surface area (Å²) in [5.74, 6) is 0.736. The lowest BCUT2D eigenvalue weighted by Gasteiger charge is -2.20. The second kappa shape index (κ2) is 10.0. The maximum absolute atomic E-state index is 12.5. The third-order valence-electron chi connectivity index (χ3n) is 5.27. The van der Waals surface area contributed by atoms with Crippen LogP contribution in [0.4, 0.5) is 5.82 Å². The number of nitrogens with zero attached hydrogens (tertiary/aromatic N) is 4. The summed E-state index contributed by atoms with van der Waals surface area (Å²) in [6.45, 7) is 2.56. The molecule has 0 fully saturated rings. The number of ether oxygens (including phenoxy) is 2. The number of fused-ring (bicyclic) bond motifs is 1. The van der Waals surface area contributed by atoms with Crippen LogP contribution in [0.15, 0.2) is 60.9 Å². The molecule has 0 aliphatic rings. The second-order valence-electron chi connectivity index (χ2n) is 7.53. The second-order valence-corrected chi connectivity index (χ2v) is 7.53. The molecular weight excluding hydrogens is 432 g/mol. The molecule has 0 amide bonds. The van der Waals surface area contributed by atoms with Gasteiger partial charge in [0.2, 0.25) is 5.88 Å². The Morgan fingerprint density at radius 1 is 1.15 bits per heavy atom. The number of pyridine rings is 1. The number of methoxy groups -OCH3 is 1. The number of aromatic nitrogens is 4. The summed E-state index contributed by atoms with van der Waals surface area (Å²) < 4.78 is 10.4. The average Bonchev–Trinajstić information content (AvgIpc) is 3.28. The van der Waals surface area contributed by atoms with Crippen molar-refractivity contribution in [3.63, 3.8) is 0 Å². The monoisotopic (exact) mass is 458 g/mol. The van der Waals surface area contributed by atoms with Gasteiger partial charge in [0, 0.05) is 49.1 Å². The molecule has 3 N–H and O–H groups in total. The van der Waals surface area contributed by atoms with Gasteiger partial charge in [-0.25, -0.2) is 14.8 Å². The zero-order valence-corrected chi connectivity index (χ0v) is 19.3. The standard InChI is InChI=1S/C25H26N6O3/c1-4-34-25(32)18(13-26)24-28-20(19-14-27-23-17(19)10-11-22(30-23)33-3)12-21(29-24)31(2)15-16-8-6-5-7-9-16/h5-14H,4,15,26H2,1-3H3,(H,27,30)/b18-13+. The van der Waals surface area contributed by atoms with Crippen molar-refractivity contribution in [3.8, 4) is 17.1 Å². The summed E-state index contributed by atoms with van der Waals surface area (Å²) in [5.41, 5.74) is 9.09. The Labute approximate surface area is 197 Å². The van der Waals surface area contributed by atoms with E-state index >= 15 is 0 Å². The van der Waals surface area contributed by atoms with Gasteiger partial charge in [0.1, 0.15) is 17.0 Å². The predicted octanol–water partition coefficient (Wildman–Crippen LogP) is 3.53. The highest BCUT2D eigenvalue weighted by molar-refractivity contribution is 6.15. The van der Waals surface area contributed by atoms with Crippen LogP contribution in [0, 0.1) is 0 Å². The van der Waals surface area contributed by atoms with Crippen LogP contribution >= 0.6 is 0 Å². The molecule has 174 valence electrons. The van der Waals surface area contributed by atoms with E-state index in [1.165, 1.54) is 6.20 Å². The normalized spacial score (nSPS) is 11.4. The SMILES string of the molecule is CCOC(=O)/C(=C/N)c1nc(-c2c[nH]c3nc(OC)ccc23)cc(N(C)Cc2ccccc2)n1. The van der Waals surface area contributed by atoms with Crippen molar-refractivity contribution in [1.82, 2.24) is 19.9 Å². The van der Waals surface area contributed by atoms with E-state index in [1.807, 2.05) is 60.6 Å². The molecule has 1 aromatic carbocycles. The molecule has 4 aromatic rings. The molecule has 4 rings (SSSR count). The number of benzene rings is 1. The zero-order chi connectivity index (χ0) is 24.1. The lowest BCUT2D eigenvalue weighted by atomic mass is 10.1. The quantitative estimate of drug-likeness (QED) is 0.304. The smallest absolute Gasteiger partial charge is 0.343 e. The summed E-state index contributed by atoms with van der Waals surface area (Å²) in [6.07, 6.45) is 3.00. The number of H-pyrrole nitrogens is 1. The van der Waals surface area contributed by atoms with Gasteiger partial charge in [0.25, 0.3) is 0 Å². The third kappa shape index (κ3) is 4.68. The Morgan fingerprint density at radius 2 is 1.94 bits per heavy atom. The molecule has 9 nitrogen and oxygen atoms in total. The van der Waals surface area contributed by atoms with Crippen molar-refractivity contribution >= 4 is 28.4 Å². The van der Waals surface area contributed by atoms with E-state index in [0.29, 0.717) is 29.6 Å². The van der Waals surface area contributed by atoms with E-state index in [1.54, 1.807) is 20.1 Å². The number of hydrogen-bond acceptors (Lipinski definition) is 8. The van der Waals surface area contributed by atoms with E-state index in [9.17, 15) is 4.79 Å². The van der Waals surface area contributed by atoms with Crippen molar-refractivity contribution in [2.24, 2.45) is 5.73 Å². The fourth-order valence-electron chi connectivity index (χ4n) is 3.58. The Bertz CT molecular complexity index is 1330. The summed E-state index contributed by atoms with van der Waals surface area (Å²) in [5, 5.41) is 0.858. The number of esters is 1. The van der Waals surface area contributed by atoms with E-state index < -0.39 is 5.97 Å². The number of carbonyl (C=O) groups excluding carboxylic acids is 1. The molecule has 0 saturated heterocycles. The first-order valence-electron chi connectivity index (χ1n) is 10.8. The maximum atomic E-state index is 12.5. The van der Waals surface area contributed by atoms with Crippen LogP contribution in [0.2, 0.25) is 0 Å². The van der Waals surface area contributed by atoms with Crippen molar-refractivity contribution < 1.29 is 14.3 Å². The summed E-state index contributed by atoms with van der Waals surface area (Å²) in [4.78, 5) is 31.4. The maximum Gasteiger partial charge on any atom is 0.343 e. The lowest BCUT2D eigenvalue weighted by Crippen LogP contribution is -2.20. The minimum Gasteiger partial charge on any atom is -0.481 e. The van der Waals surface area contributed by atoms with Crippen LogP contribution < -0.4 is 15.4 Å². The van der Waals surface area contributed by atoms with Crippen molar-refractivity contribution in [2.45, 2.75) is 13.5 Å². The highest BCUT2D eigenvalue weighted by atomic mass is 16.5. The van der Waals surface area contributed by atoms with Crippen molar-refractivity contribution in [2.75, 3.05) is 25.7 Å². The first-order chi connectivity index (χ1) is 16.5. The minimum absolute atomic E-state index is 0.0951. The van der Waals surface area contributed by atoms with Gasteiger partial charge in [-0.1, -0.05) is 30.3 Å². The number of carbonyl (C=O) groups is 1. The molecule has 3 aromatic heterocycles. The van der Waals surface area contributed by atoms with Gasteiger partial charge in [0.05, 0.1) is 19.4 Å². The van der Waals surface area contributed by atoms with Crippen LogP contribution in [-0.4, -0.2) is 46.7 Å². The van der Waals surface area contributed by atoms with Gasteiger partial charge in [-0.3, -0.25) is 0 Å². The third-order valence-corrected chi connectivity index (χ3v) is 5.27. The molecule has 0 radical (unpaired) electrons. The van der Waals surface area contributed by atoms with E-state index in [2.05, 4.69) is 19.9 Å². The fraction of sp³-hybridized carbons (Fsp3) is 0.200. The van der Waals surface area contributed by atoms with Crippen LogP contribution in [0.25, 0.3) is 27.9 Å². The minimum atomic E-state index is -0.579. The number of nitrogens with two attached hydrogens (primary N) is 1. The van der Waals surface area contributed by atoms with Crippen LogP contribution in [0.1, 0.15) is 18.3 Å². The number of nitrogens with one attached hydrogen (secondary N) is 1. The first kappa shape index (κ1) is 22.8. The van der Waals surface area contributed by atoms with Crippen molar-refractivity contribution in [1.29, 1.82) is 0 Å². The fourth-order valence-corrected chi connectivity index (χ4v) is 3.58. The van der Waals surface area contributed by atoms with E-state index in [-0.39, 0.29) is 18.0 Å². The molecule has 0 spiro atoms. The molecule has 34 heavy (non-hydrogen) atoms. The highest BCUT2D eigenvalue weighted by Gasteiger charge is 2.21. The van der Waals surface area contributed by atoms with Gasteiger partial charge in [-0.15, -0.1) is 0 Å². The van der Waals surface area contributed by atoms with Gasteiger partial charge >= 0.3 is 5.97 Å². The number of hydrogen-bond donors (Lipinski definition) is 2. The predicted molar refractivity (Wildman–Crippen MR) is 131 cm³/mol. The van der Waals surface area contributed by atoms with Gasteiger partial charge in [0.15, 0.2) is 5.82 Å². The molecule has 0 atom stereocenters. The molecule has 3 heterocycles. The Hall–Kier alpha value is -4.40. The lowest BCUT2D eigenvalue weighted by molar-refractivity contribution is -0.136. The van der Waals surface area contributed by atoms with Crippen LogP contribution in [-0.2, 0) is 16.1 Å². The topological polar surface area (TPSA) is 119 Å². The zero-order valence-electron chi connectivity index (χ0n) is 19.3. The molecular formula is C25H26N6O3. The largest absolute Gasteiger partial charge is 0.481 e. The number of rotatable bonds is 8. The molecule has 0 bridgehead atoms. The van der Waals surface area contributed by atoms with Crippen molar-refractivity contribution in [3.05, 3.63) is 72.3 Å². The van der Waals surface area contributed by atoms with Crippen LogP contribution in [0.5, 0.6) is 5.88 Å². The Balaban J connectivity index is 1.82. The number of aromatic amines is 1.